The number of pyridine rings is 1. The van der Waals surface area contributed by atoms with Crippen molar-refractivity contribution in [1.82, 2.24) is 14.8 Å². The minimum Gasteiger partial charge on any atom is -0.383 e. The molecule has 0 N–H and O–H groups in total. The Labute approximate surface area is 215 Å². The van der Waals surface area contributed by atoms with Gasteiger partial charge in [-0.1, -0.05) is 0 Å². The van der Waals surface area contributed by atoms with Crippen LogP contribution in [0.1, 0.15) is 42.5 Å². The Morgan fingerprint density at radius 2 is 2.16 bits per heavy atom. The van der Waals surface area contributed by atoms with Gasteiger partial charge >= 0.3 is 6.18 Å². The molecule has 5 atom stereocenters. The first kappa shape index (κ1) is 26.8. The van der Waals surface area contributed by atoms with Crippen molar-refractivity contribution in [3.63, 3.8) is 0 Å². The van der Waals surface area contributed by atoms with Gasteiger partial charge in [0.1, 0.15) is 0 Å². The van der Waals surface area contributed by atoms with Crippen molar-refractivity contribution < 1.29 is 36.9 Å². The highest BCUT2D eigenvalue weighted by Crippen LogP contribution is 2.51. The van der Waals surface area contributed by atoms with E-state index < -0.39 is 17.2 Å². The van der Waals surface area contributed by atoms with Crippen LogP contribution >= 0.6 is 0 Å². The van der Waals surface area contributed by atoms with Gasteiger partial charge < -0.3 is 23.8 Å². The number of ether oxygens (including phenoxy) is 4. The third-order valence-electron chi connectivity index (χ3n) is 8.67. The lowest BCUT2D eigenvalue weighted by Crippen LogP contribution is -2.54. The zero-order valence-electron chi connectivity index (χ0n) is 21.5. The van der Waals surface area contributed by atoms with Gasteiger partial charge in [0.15, 0.2) is 0 Å². The Morgan fingerprint density at radius 3 is 2.92 bits per heavy atom. The van der Waals surface area contributed by atoms with Gasteiger partial charge in [0.25, 0.3) is 0 Å². The molecule has 1 aromatic heterocycles. The normalized spacial score (nSPS) is 32.0. The van der Waals surface area contributed by atoms with Crippen molar-refractivity contribution in [1.29, 1.82) is 0 Å². The monoisotopic (exact) mass is 527 g/mol. The first-order chi connectivity index (χ1) is 17.8. The first-order valence-corrected chi connectivity index (χ1v) is 13.1. The zero-order chi connectivity index (χ0) is 26.2. The molecule has 5 rings (SSSR count). The van der Waals surface area contributed by atoms with Crippen LogP contribution in [0.2, 0.25) is 0 Å². The highest BCUT2D eigenvalue weighted by atomic mass is 19.4. The molecule has 4 heterocycles. The molecule has 37 heavy (non-hydrogen) atoms. The molecule has 1 amide bonds. The van der Waals surface area contributed by atoms with Crippen molar-refractivity contribution in [3.8, 4) is 0 Å². The number of hydrogen-bond acceptors (Lipinski definition) is 7. The van der Waals surface area contributed by atoms with E-state index in [1.54, 1.807) is 19.1 Å². The summed E-state index contributed by atoms with van der Waals surface area (Å²) in [6, 6.07) is 1.40. The molecule has 5 unspecified atom stereocenters. The topological polar surface area (TPSA) is 73.4 Å². The number of halogens is 3. The van der Waals surface area contributed by atoms with Crippen LogP contribution in [-0.4, -0.2) is 98.7 Å². The highest BCUT2D eigenvalue weighted by molar-refractivity contribution is 5.84. The standard InChI is InChI=1S/C26H36F3N3O5/c1-34-10-7-32(21-4-8-36-16-22(21)35-2)19-12-23-25(13-19,5-9-37-23)24(33)31-6-3-20-17(15-31)11-18(14-30-20)26(27,28)29/h11,14,19,21-23H,3-10,12-13,15-16H2,1-2H3. The first-order valence-electron chi connectivity index (χ1n) is 13.1. The van der Waals surface area contributed by atoms with E-state index >= 15 is 0 Å². The molecule has 1 saturated carbocycles. The predicted molar refractivity (Wildman–Crippen MR) is 127 cm³/mol. The Bertz CT molecular complexity index is 979. The van der Waals surface area contributed by atoms with Gasteiger partial charge in [0.2, 0.25) is 5.91 Å². The fourth-order valence-electron chi connectivity index (χ4n) is 6.76. The van der Waals surface area contributed by atoms with Crippen molar-refractivity contribution in [2.24, 2.45) is 5.41 Å². The number of nitrogens with zero attached hydrogens (tertiary/aromatic N) is 3. The molecule has 0 aromatic carbocycles. The molecule has 2 saturated heterocycles. The van der Waals surface area contributed by atoms with Crippen LogP contribution in [0, 0.1) is 5.41 Å². The number of carbonyl (C=O) groups excluding carboxylic acids is 1. The fraction of sp³-hybridized carbons (Fsp3) is 0.769. The van der Waals surface area contributed by atoms with Gasteiger partial charge in [0.05, 0.1) is 36.4 Å². The summed E-state index contributed by atoms with van der Waals surface area (Å²) in [5, 5.41) is 0. The lowest BCUT2D eigenvalue weighted by Gasteiger charge is -2.43. The van der Waals surface area contributed by atoms with Crippen LogP contribution in [0.3, 0.4) is 0 Å². The minimum absolute atomic E-state index is 0.0116. The maximum atomic E-state index is 14.1. The molecule has 206 valence electrons. The number of aromatic nitrogens is 1. The molecule has 3 fully saturated rings. The number of methoxy groups -OCH3 is 2. The van der Waals surface area contributed by atoms with Crippen LogP contribution in [0.25, 0.3) is 0 Å². The van der Waals surface area contributed by atoms with Gasteiger partial charge in [0, 0.05) is 77.5 Å². The third kappa shape index (κ3) is 5.13. The van der Waals surface area contributed by atoms with E-state index in [2.05, 4.69) is 9.88 Å². The second kappa shape index (κ2) is 10.8. The Balaban J connectivity index is 1.36. The van der Waals surface area contributed by atoms with Crippen molar-refractivity contribution in [3.05, 3.63) is 29.1 Å². The third-order valence-corrected chi connectivity index (χ3v) is 8.67. The van der Waals surface area contributed by atoms with E-state index in [0.717, 1.165) is 25.1 Å². The van der Waals surface area contributed by atoms with Crippen molar-refractivity contribution in [2.75, 3.05) is 53.7 Å². The van der Waals surface area contributed by atoms with Gasteiger partial charge in [-0.2, -0.15) is 13.2 Å². The number of rotatable bonds is 7. The lowest BCUT2D eigenvalue weighted by atomic mass is 9.80. The van der Waals surface area contributed by atoms with E-state index in [1.807, 2.05) is 0 Å². The SMILES string of the molecule is COCCN(C1CC2OCCC2(C(=O)N2CCc3ncc(C(F)(F)F)cc3C2)C1)C1CCOCC1OC. The summed E-state index contributed by atoms with van der Waals surface area (Å²) >= 11 is 0. The van der Waals surface area contributed by atoms with E-state index in [9.17, 15) is 18.0 Å². The van der Waals surface area contributed by atoms with E-state index in [1.165, 1.54) is 0 Å². The van der Waals surface area contributed by atoms with Gasteiger partial charge in [-0.25, -0.2) is 0 Å². The summed E-state index contributed by atoms with van der Waals surface area (Å²) in [6.07, 6.45) is -0.571. The average molecular weight is 528 g/mol. The van der Waals surface area contributed by atoms with Crippen LogP contribution in [0.5, 0.6) is 0 Å². The molecular weight excluding hydrogens is 491 g/mol. The molecule has 1 aromatic rings. The highest BCUT2D eigenvalue weighted by Gasteiger charge is 2.59. The quantitative estimate of drug-likeness (QED) is 0.540. The predicted octanol–water partition coefficient (Wildman–Crippen LogP) is 2.68. The smallest absolute Gasteiger partial charge is 0.383 e. The molecule has 8 nitrogen and oxygen atoms in total. The number of carbonyl (C=O) groups is 1. The summed E-state index contributed by atoms with van der Waals surface area (Å²) in [5.41, 5.74) is -0.340. The second-order valence-corrected chi connectivity index (χ2v) is 10.6. The number of fused-ring (bicyclic) bond motifs is 2. The molecule has 0 radical (unpaired) electrons. The van der Waals surface area contributed by atoms with Gasteiger partial charge in [-0.05, 0) is 37.3 Å². The summed E-state index contributed by atoms with van der Waals surface area (Å²) in [7, 11) is 3.38. The maximum Gasteiger partial charge on any atom is 0.417 e. The Morgan fingerprint density at radius 1 is 1.32 bits per heavy atom. The molecule has 11 heteroatoms. The van der Waals surface area contributed by atoms with Crippen LogP contribution < -0.4 is 0 Å². The average Bonchev–Trinajstić information content (AvgIpc) is 3.46. The van der Waals surface area contributed by atoms with E-state index in [-0.39, 0.29) is 36.7 Å². The summed E-state index contributed by atoms with van der Waals surface area (Å²) < 4.78 is 62.8. The number of hydrogen-bond donors (Lipinski definition) is 0. The van der Waals surface area contributed by atoms with Gasteiger partial charge in [-0.3, -0.25) is 14.7 Å². The molecule has 1 aliphatic carbocycles. The summed E-state index contributed by atoms with van der Waals surface area (Å²) in [4.78, 5) is 22.3. The number of alkyl halides is 3. The van der Waals surface area contributed by atoms with Crippen molar-refractivity contribution >= 4 is 5.91 Å². The van der Waals surface area contributed by atoms with Gasteiger partial charge in [-0.15, -0.1) is 0 Å². The zero-order valence-corrected chi connectivity index (χ0v) is 21.5. The second-order valence-electron chi connectivity index (χ2n) is 10.6. The number of amides is 1. The summed E-state index contributed by atoms with van der Waals surface area (Å²) in [6.45, 7) is 3.57. The Kier molecular flexibility index (Phi) is 7.80. The summed E-state index contributed by atoms with van der Waals surface area (Å²) in [5.74, 6) is -0.0116. The van der Waals surface area contributed by atoms with Crippen LogP contribution in [0.15, 0.2) is 12.3 Å². The fourth-order valence-corrected chi connectivity index (χ4v) is 6.76. The molecular formula is C26H36F3N3O5. The largest absolute Gasteiger partial charge is 0.417 e. The van der Waals surface area contributed by atoms with Crippen LogP contribution in [0.4, 0.5) is 13.2 Å². The van der Waals surface area contributed by atoms with E-state index in [0.29, 0.717) is 70.0 Å². The Hall–Kier alpha value is -1.79. The van der Waals surface area contributed by atoms with Crippen molar-refractivity contribution in [2.45, 2.75) is 69.1 Å². The lowest BCUT2D eigenvalue weighted by molar-refractivity contribution is -0.145. The molecule has 4 aliphatic rings. The molecule has 0 bridgehead atoms. The molecule has 0 spiro atoms. The molecule has 3 aliphatic heterocycles. The van der Waals surface area contributed by atoms with Crippen LogP contribution in [-0.2, 0) is 42.9 Å². The minimum atomic E-state index is -4.47. The van der Waals surface area contributed by atoms with E-state index in [4.69, 9.17) is 18.9 Å². The maximum absolute atomic E-state index is 14.1.